The number of rotatable bonds is 7. The number of nitrogen functional groups attached to an aromatic ring is 1. The highest BCUT2D eigenvalue weighted by molar-refractivity contribution is 8.04. The summed E-state index contributed by atoms with van der Waals surface area (Å²) < 4.78 is 1.22. The number of benzene rings is 1. The van der Waals surface area contributed by atoms with Crippen molar-refractivity contribution < 1.29 is 29.8 Å². The first-order valence-corrected chi connectivity index (χ1v) is 14.8. The predicted octanol–water partition coefficient (Wildman–Crippen LogP) is 1.96. The summed E-state index contributed by atoms with van der Waals surface area (Å²) >= 11 is 4.73. The van der Waals surface area contributed by atoms with E-state index in [9.17, 15) is 34.6 Å². The van der Waals surface area contributed by atoms with Gasteiger partial charge in [-0.25, -0.2) is 4.98 Å². The molecule has 2 fully saturated rings. The number of oxime groups is 1. The molecule has 202 valence electrons. The number of nitrogens with one attached hydrogen (secondary N) is 1. The molecular formula is C23H19N5O7S4. The van der Waals surface area contributed by atoms with E-state index in [0.717, 1.165) is 11.3 Å². The maximum Gasteiger partial charge on any atom is 0.316 e. The molecule has 39 heavy (non-hydrogen) atoms. The van der Waals surface area contributed by atoms with Gasteiger partial charge >= 0.3 is 5.97 Å². The molecule has 0 spiro atoms. The molecule has 6 N–H and O–H groups in total. The van der Waals surface area contributed by atoms with Gasteiger partial charge in [0.05, 0.1) is 4.21 Å². The molecule has 2 unspecified atom stereocenters. The molecule has 2 saturated heterocycles. The third-order valence-electron chi connectivity index (χ3n) is 6.16. The van der Waals surface area contributed by atoms with E-state index in [4.69, 9.17) is 5.73 Å². The number of phenolic OH excluding ortho intramolecular Hbond substituents is 1. The number of thiazole rings is 1. The highest BCUT2D eigenvalue weighted by Gasteiger charge is 2.57. The van der Waals surface area contributed by atoms with Crippen LogP contribution < -0.4 is 16.5 Å². The number of nitrogens with zero attached hydrogens (tertiary/aromatic N) is 3. The van der Waals surface area contributed by atoms with Gasteiger partial charge in [-0.15, -0.1) is 34.4 Å². The summed E-state index contributed by atoms with van der Waals surface area (Å²) in [7, 11) is 0. The Morgan fingerprint density at radius 3 is 2.79 bits per heavy atom. The van der Waals surface area contributed by atoms with Gasteiger partial charge in [-0.3, -0.25) is 19.2 Å². The van der Waals surface area contributed by atoms with Crippen molar-refractivity contribution in [2.24, 2.45) is 10.6 Å². The lowest BCUT2D eigenvalue weighted by Crippen LogP contribution is -2.73. The minimum atomic E-state index is -1.38. The maximum absolute atomic E-state index is 12.9. The van der Waals surface area contributed by atoms with Crippen LogP contribution in [0.4, 0.5) is 5.13 Å². The van der Waals surface area contributed by atoms with Crippen molar-refractivity contribution in [3.8, 4) is 5.75 Å². The number of β-lactam (4-membered cyclic amide) rings is 1. The molecule has 0 saturated carbocycles. The Morgan fingerprint density at radius 2 is 2.10 bits per heavy atom. The molecule has 2 aliphatic heterocycles. The fourth-order valence-corrected chi connectivity index (χ4v) is 8.30. The smallest absolute Gasteiger partial charge is 0.316 e. The van der Waals surface area contributed by atoms with Gasteiger partial charge < -0.3 is 31.4 Å². The summed E-state index contributed by atoms with van der Waals surface area (Å²) in [6, 6.07) is 5.02. The number of hydrogen-bond donors (Lipinski definition) is 5. The number of anilines is 1. The lowest BCUT2D eigenvalue weighted by Gasteiger charge is -2.53. The number of nitrogens with two attached hydrogens (primary N) is 1. The molecule has 12 nitrogen and oxygen atoms in total. The Balaban J connectivity index is 1.27. The molecule has 2 aliphatic rings. The highest BCUT2D eigenvalue weighted by Crippen LogP contribution is 2.43. The summed E-state index contributed by atoms with van der Waals surface area (Å²) in [6.45, 7) is -0.104. The van der Waals surface area contributed by atoms with Gasteiger partial charge in [0.2, 0.25) is 5.91 Å². The van der Waals surface area contributed by atoms with Crippen molar-refractivity contribution in [2.45, 2.75) is 15.6 Å². The van der Waals surface area contributed by atoms with Crippen molar-refractivity contribution in [1.29, 1.82) is 0 Å². The van der Waals surface area contributed by atoms with Gasteiger partial charge in [0, 0.05) is 33.8 Å². The van der Waals surface area contributed by atoms with E-state index in [1.54, 1.807) is 11.5 Å². The number of carboxylic acid groups (broad SMARTS) is 1. The Hall–Kier alpha value is -3.60. The van der Waals surface area contributed by atoms with Gasteiger partial charge in [0.15, 0.2) is 16.3 Å². The van der Waals surface area contributed by atoms with E-state index in [1.165, 1.54) is 69.4 Å². The van der Waals surface area contributed by atoms with Crippen molar-refractivity contribution in [3.05, 3.63) is 57.0 Å². The molecule has 2 amide bonds. The minimum Gasteiger partial charge on any atom is -0.508 e. The monoisotopic (exact) mass is 605 g/mol. The third-order valence-corrected chi connectivity index (χ3v) is 10.4. The standard InChI is InChI=1S/C23H19N5O7S4/c24-22-25-12(7-37-22)16(27-35)18(31)26-17-19(32)28-8-23(21(33)34,9-38-20(17)28)3-4-36-15-6-13(30)11-2-1-10(29)5-14(11)39-15/h1-7,17,20,29,35H,8-9H2,(H2,24,25)(H,26,31)(H,33,34)/t17?,20-,23?/m1/s1. The molecule has 3 aromatic rings. The van der Waals surface area contributed by atoms with Crippen molar-refractivity contribution >= 4 is 84.9 Å². The second kappa shape index (κ2) is 10.5. The van der Waals surface area contributed by atoms with Crippen molar-refractivity contribution in [1.82, 2.24) is 15.2 Å². The number of aliphatic carboxylic acids is 1. The summed E-state index contributed by atoms with van der Waals surface area (Å²) in [5.74, 6) is -2.22. The van der Waals surface area contributed by atoms with Crippen LogP contribution in [-0.4, -0.2) is 72.5 Å². The molecule has 16 heteroatoms. The number of phenols is 1. The molecule has 5 rings (SSSR count). The molecule has 3 atom stereocenters. The number of carbonyl (C=O) groups is 3. The average Bonchev–Trinajstić information content (AvgIpc) is 3.32. The van der Waals surface area contributed by atoms with Crippen LogP contribution in [0.2, 0.25) is 0 Å². The fraction of sp³-hybridized carbons (Fsp3) is 0.217. The van der Waals surface area contributed by atoms with Crippen molar-refractivity contribution in [3.63, 3.8) is 0 Å². The van der Waals surface area contributed by atoms with Gasteiger partial charge in [-0.05, 0) is 23.6 Å². The van der Waals surface area contributed by atoms with Crippen LogP contribution in [0.15, 0.2) is 55.3 Å². The number of hydrogen-bond acceptors (Lipinski definition) is 13. The predicted molar refractivity (Wildman–Crippen MR) is 150 cm³/mol. The fourth-order valence-electron chi connectivity index (χ4n) is 4.13. The summed E-state index contributed by atoms with van der Waals surface area (Å²) in [4.78, 5) is 55.5. The number of aromatic hydroxyl groups is 1. The van der Waals surface area contributed by atoms with E-state index in [-0.39, 0.29) is 40.0 Å². The SMILES string of the molecule is Nc1nc(C(=NO)C(=O)NC2C(=O)N3CC(C=CSc4cc(=O)c5ccc(O)cc5s4)(C(=O)O)CS[C@H]23)cs1. The molecule has 0 bridgehead atoms. The zero-order valence-electron chi connectivity index (χ0n) is 19.6. The van der Waals surface area contributed by atoms with Gasteiger partial charge in [-0.1, -0.05) is 23.0 Å². The van der Waals surface area contributed by atoms with Crippen LogP contribution in [0, 0.1) is 5.41 Å². The van der Waals surface area contributed by atoms with Crippen LogP contribution >= 0.6 is 46.2 Å². The van der Waals surface area contributed by atoms with E-state index in [1.807, 2.05) is 0 Å². The molecule has 2 aromatic heterocycles. The lowest BCUT2D eigenvalue weighted by molar-refractivity contribution is -0.156. The zero-order valence-corrected chi connectivity index (χ0v) is 22.9. The van der Waals surface area contributed by atoms with Crippen LogP contribution in [0.25, 0.3) is 10.1 Å². The van der Waals surface area contributed by atoms with Gasteiger partial charge in [0.1, 0.15) is 28.3 Å². The Kier molecular flexibility index (Phi) is 7.28. The summed E-state index contributed by atoms with van der Waals surface area (Å²) in [5, 5.41) is 37.8. The normalized spacial score (nSPS) is 23.0. The Bertz CT molecular complexity index is 1620. The van der Waals surface area contributed by atoms with Crippen LogP contribution in [-0.2, 0) is 14.4 Å². The highest BCUT2D eigenvalue weighted by atomic mass is 32.2. The van der Waals surface area contributed by atoms with E-state index < -0.39 is 34.6 Å². The number of aromatic nitrogens is 1. The first-order valence-electron chi connectivity index (χ1n) is 11.1. The Labute approximate surface area is 236 Å². The number of amides is 2. The first-order chi connectivity index (χ1) is 18.6. The zero-order chi connectivity index (χ0) is 27.9. The number of carbonyl (C=O) groups excluding carboxylic acids is 2. The topological polar surface area (TPSA) is 196 Å². The van der Waals surface area contributed by atoms with E-state index >= 15 is 0 Å². The number of carboxylic acids is 1. The second-order valence-electron chi connectivity index (χ2n) is 8.63. The third kappa shape index (κ3) is 5.07. The molecule has 0 aliphatic carbocycles. The number of thioether (sulfide) groups is 2. The largest absolute Gasteiger partial charge is 0.508 e. The number of fused-ring (bicyclic) bond motifs is 2. The molecule has 4 heterocycles. The summed E-state index contributed by atoms with van der Waals surface area (Å²) in [6.07, 6.45) is 1.51. The quantitative estimate of drug-likeness (QED) is 0.0868. The van der Waals surface area contributed by atoms with Gasteiger partial charge in [-0.2, -0.15) is 0 Å². The Morgan fingerprint density at radius 1 is 1.31 bits per heavy atom. The van der Waals surface area contributed by atoms with E-state index in [2.05, 4.69) is 15.5 Å². The van der Waals surface area contributed by atoms with Gasteiger partial charge in [0.25, 0.3) is 5.91 Å². The maximum atomic E-state index is 12.9. The van der Waals surface area contributed by atoms with Crippen molar-refractivity contribution in [2.75, 3.05) is 18.0 Å². The minimum absolute atomic E-state index is 0.0378. The first kappa shape index (κ1) is 27.0. The van der Waals surface area contributed by atoms with Crippen LogP contribution in [0.3, 0.4) is 0 Å². The molecule has 1 aromatic carbocycles. The van der Waals surface area contributed by atoms with E-state index in [0.29, 0.717) is 14.3 Å². The molecule has 0 radical (unpaired) electrons. The molecular weight excluding hydrogens is 587 g/mol. The lowest BCUT2D eigenvalue weighted by atomic mass is 9.87. The summed E-state index contributed by atoms with van der Waals surface area (Å²) in [5.41, 5.74) is 3.66. The van der Waals surface area contributed by atoms with Crippen LogP contribution in [0.5, 0.6) is 5.75 Å². The second-order valence-corrected chi connectivity index (χ2v) is 12.9. The average molecular weight is 606 g/mol. The van der Waals surface area contributed by atoms with Crippen LogP contribution in [0.1, 0.15) is 5.69 Å².